The molecule has 0 saturated heterocycles. The zero-order valence-electron chi connectivity index (χ0n) is 22.9. The Balaban J connectivity index is 1.42. The van der Waals surface area contributed by atoms with Crippen molar-refractivity contribution >= 4 is 5.91 Å². The smallest absolute Gasteiger partial charge is 0.286 e. The number of rotatable bonds is 9. The maximum Gasteiger partial charge on any atom is 0.286 e. The average Bonchev–Trinajstić information content (AvgIpc) is 3.23. The van der Waals surface area contributed by atoms with Crippen molar-refractivity contribution in [3.05, 3.63) is 135 Å². The largest absolute Gasteiger partial charge is 0.459 e. The highest BCUT2D eigenvalue weighted by molar-refractivity contribution is 5.91. The average molecular weight is 558 g/mol. The van der Waals surface area contributed by atoms with E-state index >= 15 is 0 Å². The van der Waals surface area contributed by atoms with Crippen molar-refractivity contribution in [1.29, 1.82) is 0 Å². The summed E-state index contributed by atoms with van der Waals surface area (Å²) in [5.41, 5.74) is 4.29. The predicted molar refractivity (Wildman–Crippen MR) is 151 cm³/mol. The number of benzene rings is 3. The Kier molecular flexibility index (Phi) is 8.47. The lowest BCUT2D eigenvalue weighted by Gasteiger charge is -2.29. The minimum absolute atomic E-state index is 0.0489. The number of carbonyl (C=O) groups excluding carboxylic acids is 1. The monoisotopic (exact) mass is 557 g/mol. The van der Waals surface area contributed by atoms with Crippen LogP contribution >= 0.6 is 0 Å². The number of para-hydroxylation sites is 1. The Morgan fingerprint density at radius 3 is 2.37 bits per heavy atom. The van der Waals surface area contributed by atoms with Crippen LogP contribution in [0.4, 0.5) is 4.39 Å². The zero-order valence-corrected chi connectivity index (χ0v) is 22.9. The Morgan fingerprint density at radius 1 is 1.02 bits per heavy atom. The molecule has 0 spiro atoms. The van der Waals surface area contributed by atoms with Gasteiger partial charge in [0.05, 0.1) is 18.9 Å². The Bertz CT molecular complexity index is 1590. The molecular formula is C32H32FN3O5. The normalized spacial score (nSPS) is 16.6. The fourth-order valence-electron chi connectivity index (χ4n) is 4.94. The third-order valence-electron chi connectivity index (χ3n) is 7.26. The second-order valence-corrected chi connectivity index (χ2v) is 9.99. The number of amides is 1. The van der Waals surface area contributed by atoms with Gasteiger partial charge in [0.15, 0.2) is 5.76 Å². The fraction of sp³-hybridized carbons (Fsp3) is 0.250. The van der Waals surface area contributed by atoms with E-state index in [-0.39, 0.29) is 36.9 Å². The summed E-state index contributed by atoms with van der Waals surface area (Å²) in [6, 6.07) is 22.6. The molecule has 9 heteroatoms. The van der Waals surface area contributed by atoms with Crippen LogP contribution in [0.2, 0.25) is 0 Å². The van der Waals surface area contributed by atoms with E-state index in [4.69, 9.17) is 9.47 Å². The Labute approximate surface area is 237 Å². The SMILES string of the molecule is Cc1c(C2C=C(C(=O)NCc3ccc(F)cc3)OC(OCc3ccc(CO)cc3)C2)c(=O)n(-c2ccccc2)n1C. The third-order valence-corrected chi connectivity index (χ3v) is 7.26. The van der Waals surface area contributed by atoms with E-state index in [1.165, 1.54) is 12.1 Å². The van der Waals surface area contributed by atoms with Crippen molar-refractivity contribution in [1.82, 2.24) is 14.7 Å². The quantitative estimate of drug-likeness (QED) is 0.319. The van der Waals surface area contributed by atoms with Gasteiger partial charge >= 0.3 is 0 Å². The van der Waals surface area contributed by atoms with Crippen LogP contribution in [0.1, 0.15) is 40.3 Å². The van der Waals surface area contributed by atoms with Crippen LogP contribution in [0.25, 0.3) is 5.69 Å². The van der Waals surface area contributed by atoms with Gasteiger partial charge in [0.1, 0.15) is 5.82 Å². The highest BCUT2D eigenvalue weighted by Gasteiger charge is 2.33. The number of aliphatic hydroxyl groups excluding tert-OH is 1. The first-order valence-electron chi connectivity index (χ1n) is 13.4. The molecule has 0 fully saturated rings. The number of aromatic nitrogens is 2. The number of halogens is 1. The molecule has 212 valence electrons. The first-order chi connectivity index (χ1) is 19.8. The molecule has 2 unspecified atom stereocenters. The van der Waals surface area contributed by atoms with Crippen LogP contribution in [0, 0.1) is 12.7 Å². The maximum absolute atomic E-state index is 13.8. The zero-order chi connectivity index (χ0) is 28.9. The molecule has 2 atom stereocenters. The molecular weight excluding hydrogens is 525 g/mol. The van der Waals surface area contributed by atoms with Gasteiger partial charge in [0.25, 0.3) is 11.5 Å². The van der Waals surface area contributed by atoms with Gasteiger partial charge in [-0.2, -0.15) is 0 Å². The highest BCUT2D eigenvalue weighted by atomic mass is 19.1. The van der Waals surface area contributed by atoms with E-state index in [9.17, 15) is 19.1 Å². The highest BCUT2D eigenvalue weighted by Crippen LogP contribution is 2.32. The lowest BCUT2D eigenvalue weighted by molar-refractivity contribution is -0.150. The van der Waals surface area contributed by atoms with Crippen molar-refractivity contribution < 1.29 is 23.8 Å². The molecule has 1 aromatic heterocycles. The van der Waals surface area contributed by atoms with E-state index in [0.29, 0.717) is 12.0 Å². The number of ether oxygens (including phenoxy) is 2. The summed E-state index contributed by atoms with van der Waals surface area (Å²) in [6.07, 6.45) is 1.21. The third kappa shape index (κ3) is 6.32. The standard InChI is InChI=1S/C32H32FN3O5/c1-21-30(32(39)36(35(21)2)27-6-4-3-5-7-27)25-16-28(31(38)34-18-22-12-14-26(33)15-13-22)41-29(17-25)40-20-24-10-8-23(19-37)9-11-24/h3-16,25,29,37H,17-20H2,1-2H3,(H,34,38). The molecule has 0 aliphatic carbocycles. The molecule has 1 amide bonds. The van der Waals surface area contributed by atoms with Gasteiger partial charge in [0, 0.05) is 37.2 Å². The number of aliphatic hydroxyl groups is 1. The van der Waals surface area contributed by atoms with Gasteiger partial charge in [0.2, 0.25) is 6.29 Å². The Hall–Kier alpha value is -4.47. The minimum atomic E-state index is -0.793. The molecule has 1 aliphatic rings. The van der Waals surface area contributed by atoms with E-state index in [1.54, 1.807) is 22.9 Å². The summed E-state index contributed by atoms with van der Waals surface area (Å²) >= 11 is 0. The topological polar surface area (TPSA) is 94.7 Å². The van der Waals surface area contributed by atoms with E-state index < -0.39 is 18.1 Å². The van der Waals surface area contributed by atoms with E-state index in [1.807, 2.05) is 73.3 Å². The Morgan fingerprint density at radius 2 is 1.68 bits per heavy atom. The molecule has 4 aromatic rings. The van der Waals surface area contributed by atoms with E-state index in [0.717, 1.165) is 28.1 Å². The summed E-state index contributed by atoms with van der Waals surface area (Å²) in [5, 5.41) is 12.1. The van der Waals surface area contributed by atoms with Crippen LogP contribution in [-0.2, 0) is 41.1 Å². The number of carbonyl (C=O) groups is 1. The van der Waals surface area contributed by atoms with Crippen molar-refractivity contribution in [2.24, 2.45) is 7.05 Å². The summed E-state index contributed by atoms with van der Waals surface area (Å²) < 4.78 is 28.8. The number of nitrogens with zero attached hydrogens (tertiary/aromatic N) is 2. The van der Waals surface area contributed by atoms with Crippen LogP contribution in [0.15, 0.2) is 95.5 Å². The summed E-state index contributed by atoms with van der Waals surface area (Å²) in [7, 11) is 1.83. The van der Waals surface area contributed by atoms with Gasteiger partial charge < -0.3 is 19.9 Å². The summed E-state index contributed by atoms with van der Waals surface area (Å²) in [5.74, 6) is -1.21. The first kappa shape index (κ1) is 28.1. The lowest BCUT2D eigenvalue weighted by atomic mass is 9.93. The molecule has 2 heterocycles. The van der Waals surface area contributed by atoms with Gasteiger partial charge in [-0.3, -0.25) is 14.3 Å². The first-order valence-corrected chi connectivity index (χ1v) is 13.4. The number of hydrogen-bond donors (Lipinski definition) is 2. The molecule has 0 saturated carbocycles. The van der Waals surface area contributed by atoms with Crippen LogP contribution in [-0.4, -0.2) is 26.7 Å². The lowest BCUT2D eigenvalue weighted by Crippen LogP contribution is -2.33. The maximum atomic E-state index is 13.8. The second kappa shape index (κ2) is 12.4. The molecule has 0 bridgehead atoms. The van der Waals surface area contributed by atoms with Crippen LogP contribution in [0.3, 0.4) is 0 Å². The van der Waals surface area contributed by atoms with Crippen molar-refractivity contribution in [2.75, 3.05) is 0 Å². The predicted octanol–water partition coefficient (Wildman–Crippen LogP) is 4.36. The molecule has 41 heavy (non-hydrogen) atoms. The van der Waals surface area contributed by atoms with Crippen molar-refractivity contribution in [2.45, 2.75) is 45.3 Å². The number of hydrogen-bond acceptors (Lipinski definition) is 5. The van der Waals surface area contributed by atoms with Gasteiger partial charge in [-0.15, -0.1) is 0 Å². The fourth-order valence-corrected chi connectivity index (χ4v) is 4.94. The molecule has 0 radical (unpaired) electrons. The molecule has 5 rings (SSSR count). The van der Waals surface area contributed by atoms with Crippen molar-refractivity contribution in [3.8, 4) is 5.69 Å². The molecule has 8 nitrogen and oxygen atoms in total. The number of nitrogens with one attached hydrogen (secondary N) is 1. The van der Waals surface area contributed by atoms with E-state index in [2.05, 4.69) is 5.32 Å². The molecule has 1 aliphatic heterocycles. The van der Waals surface area contributed by atoms with Crippen molar-refractivity contribution in [3.63, 3.8) is 0 Å². The minimum Gasteiger partial charge on any atom is -0.459 e. The number of allylic oxidation sites excluding steroid dienone is 1. The van der Waals surface area contributed by atoms with Crippen LogP contribution in [0.5, 0.6) is 0 Å². The molecule has 2 N–H and O–H groups in total. The van der Waals surface area contributed by atoms with Gasteiger partial charge in [-0.05, 0) is 54.0 Å². The summed E-state index contributed by atoms with van der Waals surface area (Å²) in [6.45, 7) is 2.23. The van der Waals surface area contributed by atoms with Gasteiger partial charge in [-0.1, -0.05) is 54.6 Å². The second-order valence-electron chi connectivity index (χ2n) is 9.99. The molecule has 3 aromatic carbocycles. The van der Waals surface area contributed by atoms with Gasteiger partial charge in [-0.25, -0.2) is 9.07 Å². The summed E-state index contributed by atoms with van der Waals surface area (Å²) in [4.78, 5) is 27.0. The van der Waals surface area contributed by atoms with Crippen LogP contribution < -0.4 is 10.9 Å².